The second-order valence-electron chi connectivity index (χ2n) is 17.1. The molecule has 0 spiro atoms. The molecule has 2 amide bonds. The summed E-state index contributed by atoms with van der Waals surface area (Å²) in [4.78, 5) is 41.1. The highest BCUT2D eigenvalue weighted by molar-refractivity contribution is 6.06. The topological polar surface area (TPSA) is 156 Å². The molecule has 1 atom stereocenters. The van der Waals surface area contributed by atoms with Gasteiger partial charge in [-0.15, -0.1) is 0 Å². The van der Waals surface area contributed by atoms with Gasteiger partial charge < -0.3 is 34.1 Å². The third-order valence-electron chi connectivity index (χ3n) is 13.1. The minimum atomic E-state index is -0.151. The number of hydrogen-bond donors (Lipinski definition) is 4. The Balaban J connectivity index is 0.876. The lowest BCUT2D eigenvalue weighted by Crippen LogP contribution is -2.53. The molecule has 0 saturated carbocycles. The fourth-order valence-corrected chi connectivity index (χ4v) is 9.61. The third kappa shape index (κ3) is 8.20. The van der Waals surface area contributed by atoms with Gasteiger partial charge in [-0.25, -0.2) is 0 Å². The Morgan fingerprint density at radius 1 is 0.815 bits per heavy atom. The van der Waals surface area contributed by atoms with Crippen LogP contribution in [0, 0.1) is 0 Å². The summed E-state index contributed by atoms with van der Waals surface area (Å²) < 4.78 is 13.1. The summed E-state index contributed by atoms with van der Waals surface area (Å²) in [5.41, 5.74) is 11.3. The van der Waals surface area contributed by atoms with Gasteiger partial charge >= 0.3 is 0 Å². The van der Waals surface area contributed by atoms with E-state index in [2.05, 4.69) is 87.3 Å². The van der Waals surface area contributed by atoms with E-state index in [1.165, 1.54) is 0 Å². The van der Waals surface area contributed by atoms with Crippen LogP contribution < -0.4 is 19.7 Å². The largest absolute Gasteiger partial charge is 0.497 e. The highest BCUT2D eigenvalue weighted by Crippen LogP contribution is 2.42. The van der Waals surface area contributed by atoms with Gasteiger partial charge in [0.15, 0.2) is 0 Å². The Kier molecular flexibility index (Phi) is 11.3. The second kappa shape index (κ2) is 17.7. The summed E-state index contributed by atoms with van der Waals surface area (Å²) in [6, 6.07) is 28.3. The molecule has 8 aromatic rings. The van der Waals surface area contributed by atoms with Crippen LogP contribution in [-0.2, 0) is 26.2 Å². The number of hydrogen-bond acceptors (Lipinski definition) is 9. The van der Waals surface area contributed by atoms with Crippen molar-refractivity contribution in [3.05, 3.63) is 138 Å². The number of benzene rings is 4. The van der Waals surface area contributed by atoms with Gasteiger partial charge in [0.05, 0.1) is 43.9 Å². The third-order valence-corrected chi connectivity index (χ3v) is 13.1. The highest BCUT2D eigenvalue weighted by Gasteiger charge is 2.34. The lowest BCUT2D eigenvalue weighted by molar-refractivity contribution is 0.0772. The van der Waals surface area contributed by atoms with E-state index in [4.69, 9.17) is 9.47 Å². The van der Waals surface area contributed by atoms with Gasteiger partial charge in [0.2, 0.25) is 0 Å². The van der Waals surface area contributed by atoms with Crippen LogP contribution in [0.25, 0.3) is 44.1 Å². The number of methoxy groups -OCH3 is 2. The number of aromatic nitrogens is 6. The SMILES string of the molecule is COc1cccc(CNC(=O)c2[nH]c3cc(-c4cn[nH]c4)ccc3c2CN2CCN(CC3Cn4c(C(=O)N(C)Cc5cccc(OC)c5)cc5ccc(-c6cn[nH]c6)c(c54)N3C)CC2)c1. The molecule has 4 N–H and O–H groups in total. The molecular formula is C50H53N11O4. The number of rotatable bonds is 14. The van der Waals surface area contributed by atoms with E-state index in [9.17, 15) is 9.59 Å². The quantitative estimate of drug-likeness (QED) is 0.0929. The lowest BCUT2D eigenvalue weighted by Gasteiger charge is -2.42. The highest BCUT2D eigenvalue weighted by atomic mass is 16.5. The van der Waals surface area contributed by atoms with Crippen LogP contribution in [0.3, 0.4) is 0 Å². The van der Waals surface area contributed by atoms with E-state index in [1.807, 2.05) is 80.2 Å². The molecule has 4 aromatic heterocycles. The van der Waals surface area contributed by atoms with E-state index in [0.29, 0.717) is 37.6 Å². The first kappa shape index (κ1) is 41.6. The number of fused-ring (bicyclic) bond motifs is 1. The average molecular weight is 872 g/mol. The zero-order valence-electron chi connectivity index (χ0n) is 37.1. The Morgan fingerprint density at radius 3 is 2.25 bits per heavy atom. The Bertz CT molecular complexity index is 2980. The number of anilines is 1. The zero-order chi connectivity index (χ0) is 44.6. The van der Waals surface area contributed by atoms with E-state index < -0.39 is 0 Å². The number of piperazine rings is 1. The lowest BCUT2D eigenvalue weighted by atomic mass is 10.0. The standard InChI is InChI=1S/C50H53N11O4/c1-57(28-33-8-6-10-40(20-33)65-4)50(63)45-22-35-12-13-41(37-26-54-55-27-37)48-47(35)61(45)30-38(58(48)2)29-59-15-17-60(18-16-59)31-43-42-14-11-34(36-24-52-53-25-36)21-44(42)56-46(43)49(62)51-23-32-7-5-9-39(19-32)64-3/h5-14,19-22,24-27,38,56H,15-18,23,28-31H2,1-4H3,(H,51,62)(H,52,53)(H,54,55). The maximum atomic E-state index is 14.4. The molecule has 65 heavy (non-hydrogen) atoms. The molecule has 1 fully saturated rings. The molecule has 15 nitrogen and oxygen atoms in total. The number of carbonyl (C=O) groups is 2. The molecule has 1 saturated heterocycles. The van der Waals surface area contributed by atoms with Crippen molar-refractivity contribution in [3.8, 4) is 33.8 Å². The summed E-state index contributed by atoms with van der Waals surface area (Å²) in [5, 5.41) is 19.5. The van der Waals surface area contributed by atoms with Gasteiger partial charge in [-0.3, -0.25) is 29.6 Å². The summed E-state index contributed by atoms with van der Waals surface area (Å²) in [6.07, 6.45) is 7.46. The summed E-state index contributed by atoms with van der Waals surface area (Å²) in [7, 11) is 7.34. The zero-order valence-corrected chi connectivity index (χ0v) is 37.1. The second-order valence-corrected chi connectivity index (χ2v) is 17.1. The normalized spacial score (nSPS) is 15.4. The fraction of sp³-hybridized carbons (Fsp3) is 0.280. The number of aromatic amines is 3. The predicted octanol–water partition coefficient (Wildman–Crippen LogP) is 6.76. The van der Waals surface area contributed by atoms with Crippen LogP contribution >= 0.6 is 0 Å². The van der Waals surface area contributed by atoms with Crippen molar-refractivity contribution in [1.29, 1.82) is 0 Å². The Labute approximate surface area is 376 Å². The molecule has 2 aliphatic rings. The molecular weight excluding hydrogens is 819 g/mol. The van der Waals surface area contributed by atoms with Gasteiger partial charge in [-0.2, -0.15) is 10.2 Å². The monoisotopic (exact) mass is 871 g/mol. The van der Waals surface area contributed by atoms with Crippen molar-refractivity contribution in [3.63, 3.8) is 0 Å². The molecule has 15 heteroatoms. The molecule has 1 unspecified atom stereocenters. The molecule has 10 rings (SSSR count). The maximum absolute atomic E-state index is 14.4. The number of ether oxygens (including phenoxy) is 2. The predicted molar refractivity (Wildman–Crippen MR) is 252 cm³/mol. The van der Waals surface area contributed by atoms with Gasteiger partial charge in [-0.1, -0.05) is 48.5 Å². The van der Waals surface area contributed by atoms with Crippen molar-refractivity contribution in [2.45, 2.75) is 32.2 Å². The van der Waals surface area contributed by atoms with Crippen molar-refractivity contribution >= 4 is 39.3 Å². The average Bonchev–Trinajstić information content (AvgIpc) is 4.18. The number of nitrogens with one attached hydrogen (secondary N) is 4. The molecule has 4 aromatic carbocycles. The van der Waals surface area contributed by atoms with E-state index >= 15 is 0 Å². The summed E-state index contributed by atoms with van der Waals surface area (Å²) >= 11 is 0. The molecule has 0 aliphatic carbocycles. The van der Waals surface area contributed by atoms with E-state index in [0.717, 1.165) is 111 Å². The van der Waals surface area contributed by atoms with Crippen molar-refractivity contribution < 1.29 is 19.1 Å². The Morgan fingerprint density at radius 2 is 1.52 bits per heavy atom. The van der Waals surface area contributed by atoms with E-state index in [1.54, 1.807) is 25.3 Å². The minimum absolute atomic E-state index is 0.0277. The smallest absolute Gasteiger partial charge is 0.270 e. The Hall–Kier alpha value is -7.36. The first-order chi connectivity index (χ1) is 31.7. The van der Waals surface area contributed by atoms with E-state index in [-0.39, 0.29) is 17.9 Å². The van der Waals surface area contributed by atoms with Crippen LogP contribution in [0.5, 0.6) is 11.5 Å². The molecule has 332 valence electrons. The van der Waals surface area contributed by atoms with Crippen molar-refractivity contribution in [2.75, 3.05) is 65.9 Å². The van der Waals surface area contributed by atoms with Gasteiger partial charge in [0.25, 0.3) is 11.8 Å². The van der Waals surface area contributed by atoms with Gasteiger partial charge in [0, 0.05) is 124 Å². The van der Waals surface area contributed by atoms with Crippen LogP contribution in [-0.4, -0.2) is 124 Å². The summed E-state index contributed by atoms with van der Waals surface area (Å²) in [5.74, 6) is 1.34. The maximum Gasteiger partial charge on any atom is 0.270 e. The molecule has 0 radical (unpaired) electrons. The first-order valence-corrected chi connectivity index (χ1v) is 22.0. The number of amides is 2. The number of H-pyrrole nitrogens is 3. The van der Waals surface area contributed by atoms with Crippen LogP contribution in [0.15, 0.2) is 110 Å². The summed E-state index contributed by atoms with van der Waals surface area (Å²) in [6.45, 7) is 6.34. The number of carbonyl (C=O) groups excluding carboxylic acids is 2. The molecule has 6 heterocycles. The molecule has 0 bridgehead atoms. The van der Waals surface area contributed by atoms with Crippen molar-refractivity contribution in [2.24, 2.45) is 0 Å². The van der Waals surface area contributed by atoms with Gasteiger partial charge in [-0.05, 0) is 53.1 Å². The first-order valence-electron chi connectivity index (χ1n) is 22.0. The van der Waals surface area contributed by atoms with Crippen LogP contribution in [0.4, 0.5) is 5.69 Å². The fourth-order valence-electron chi connectivity index (χ4n) is 9.61. The van der Waals surface area contributed by atoms with Crippen LogP contribution in [0.2, 0.25) is 0 Å². The van der Waals surface area contributed by atoms with Crippen molar-refractivity contribution in [1.82, 2.24) is 50.0 Å². The van der Waals surface area contributed by atoms with Gasteiger partial charge in [0.1, 0.15) is 22.9 Å². The minimum Gasteiger partial charge on any atom is -0.497 e. The number of nitrogens with zero attached hydrogens (tertiary/aromatic N) is 7. The number of likely N-dealkylation sites (N-methyl/N-ethyl adjacent to an activating group) is 1. The molecule has 2 aliphatic heterocycles. The van der Waals surface area contributed by atoms with Crippen LogP contribution in [0.1, 0.15) is 37.7 Å².